The average Bonchev–Trinajstić information content (AvgIpc) is 3.09. The van der Waals surface area contributed by atoms with E-state index in [0.717, 1.165) is 12.1 Å². The van der Waals surface area contributed by atoms with E-state index in [1.807, 2.05) is 13.0 Å². The monoisotopic (exact) mass is 294 g/mol. The molecule has 2 aromatic heterocycles. The Bertz CT molecular complexity index is 566. The lowest BCUT2D eigenvalue weighted by Crippen LogP contribution is -2.34. The van der Waals surface area contributed by atoms with Gasteiger partial charge in [-0.2, -0.15) is 5.10 Å². The van der Waals surface area contributed by atoms with Gasteiger partial charge in [-0.25, -0.2) is 0 Å². The number of likely N-dealkylation sites (N-methyl/N-ethyl adjacent to an activating group) is 1. The summed E-state index contributed by atoms with van der Waals surface area (Å²) in [5.41, 5.74) is 0.965. The Labute approximate surface area is 121 Å². The third-order valence-corrected chi connectivity index (χ3v) is 3.13. The zero-order chi connectivity index (χ0) is 15.2. The predicted molar refractivity (Wildman–Crippen MR) is 74.5 cm³/mol. The van der Waals surface area contributed by atoms with Crippen LogP contribution in [0.1, 0.15) is 12.5 Å². The van der Waals surface area contributed by atoms with Crippen LogP contribution in [0, 0.1) is 10.1 Å². The van der Waals surface area contributed by atoms with E-state index in [-0.39, 0.29) is 12.2 Å². The Morgan fingerprint density at radius 3 is 3.00 bits per heavy atom. The molecule has 1 N–H and O–H groups in total. The Kier molecular flexibility index (Phi) is 5.07. The highest BCUT2D eigenvalue weighted by Crippen LogP contribution is 2.09. The summed E-state index contributed by atoms with van der Waals surface area (Å²) < 4.78 is 6.40. The first-order chi connectivity index (χ1) is 10.1. The van der Waals surface area contributed by atoms with Crippen molar-refractivity contribution in [3.8, 4) is 0 Å². The highest BCUT2D eigenvalue weighted by molar-refractivity contribution is 5.20. The van der Waals surface area contributed by atoms with Crippen molar-refractivity contribution in [1.29, 1.82) is 0 Å². The molecule has 0 radical (unpaired) electrons. The van der Waals surface area contributed by atoms with Crippen LogP contribution in [-0.4, -0.2) is 43.9 Å². The minimum atomic E-state index is -0.656. The lowest BCUT2D eigenvalue weighted by atomic mass is 10.2. The van der Waals surface area contributed by atoms with Crippen LogP contribution < -0.4 is 0 Å². The molecule has 0 saturated carbocycles. The van der Waals surface area contributed by atoms with E-state index in [2.05, 4.69) is 10.00 Å². The highest BCUT2D eigenvalue weighted by atomic mass is 16.6. The second kappa shape index (κ2) is 7.00. The quantitative estimate of drug-likeness (QED) is 0.581. The van der Waals surface area contributed by atoms with Crippen LogP contribution in [0.4, 0.5) is 5.69 Å². The van der Waals surface area contributed by atoms with Crippen LogP contribution >= 0.6 is 0 Å². The normalized spacial score (nSPS) is 12.7. The molecular weight excluding hydrogens is 276 g/mol. The standard InChI is InChI=1S/C13H18N4O4/c1-2-15(6-11-3-4-21-10-11)8-13(18)9-16-7-12(5-14-16)17(19)20/h3-5,7,10,13,18H,2,6,8-9H2,1H3. The molecule has 8 heteroatoms. The zero-order valence-corrected chi connectivity index (χ0v) is 11.8. The van der Waals surface area contributed by atoms with Crippen LogP contribution in [0.5, 0.6) is 0 Å². The number of nitro groups is 1. The maximum atomic E-state index is 10.6. The van der Waals surface area contributed by atoms with Crippen molar-refractivity contribution in [2.45, 2.75) is 26.1 Å². The van der Waals surface area contributed by atoms with Crippen molar-refractivity contribution < 1.29 is 14.4 Å². The van der Waals surface area contributed by atoms with Gasteiger partial charge in [-0.3, -0.25) is 19.7 Å². The topological polar surface area (TPSA) is 97.6 Å². The van der Waals surface area contributed by atoms with Gasteiger partial charge in [-0.15, -0.1) is 0 Å². The van der Waals surface area contributed by atoms with Crippen molar-refractivity contribution in [3.63, 3.8) is 0 Å². The van der Waals surface area contributed by atoms with Crippen LogP contribution in [-0.2, 0) is 13.1 Å². The smallest absolute Gasteiger partial charge is 0.306 e. The van der Waals surface area contributed by atoms with Gasteiger partial charge in [-0.05, 0) is 12.6 Å². The number of hydrogen-bond donors (Lipinski definition) is 1. The van der Waals surface area contributed by atoms with Gasteiger partial charge < -0.3 is 9.52 Å². The molecule has 2 rings (SSSR count). The van der Waals surface area contributed by atoms with Crippen molar-refractivity contribution >= 4 is 5.69 Å². The number of furan rings is 1. The first-order valence-corrected chi connectivity index (χ1v) is 6.66. The molecule has 0 fully saturated rings. The molecule has 0 amide bonds. The lowest BCUT2D eigenvalue weighted by molar-refractivity contribution is -0.385. The van der Waals surface area contributed by atoms with Gasteiger partial charge in [0.15, 0.2) is 0 Å². The van der Waals surface area contributed by atoms with E-state index in [9.17, 15) is 15.2 Å². The second-order valence-electron chi connectivity index (χ2n) is 4.79. The second-order valence-corrected chi connectivity index (χ2v) is 4.79. The summed E-state index contributed by atoms with van der Waals surface area (Å²) >= 11 is 0. The third kappa shape index (κ3) is 4.40. The summed E-state index contributed by atoms with van der Waals surface area (Å²) in [5, 5.41) is 24.5. The van der Waals surface area contributed by atoms with Crippen molar-refractivity contribution in [3.05, 3.63) is 46.7 Å². The summed E-state index contributed by atoms with van der Waals surface area (Å²) in [5.74, 6) is 0. The molecule has 0 aromatic carbocycles. The Balaban J connectivity index is 1.86. The molecule has 0 aliphatic carbocycles. The molecular formula is C13H18N4O4. The first kappa shape index (κ1) is 15.2. The van der Waals surface area contributed by atoms with Crippen LogP contribution in [0.2, 0.25) is 0 Å². The SMILES string of the molecule is CCN(Cc1ccoc1)CC(O)Cn1cc([N+](=O)[O-])cn1. The molecule has 0 saturated heterocycles. The maximum Gasteiger partial charge on any atom is 0.306 e. The van der Waals surface area contributed by atoms with Crippen molar-refractivity contribution in [2.75, 3.05) is 13.1 Å². The summed E-state index contributed by atoms with van der Waals surface area (Å²) in [4.78, 5) is 12.1. The molecule has 21 heavy (non-hydrogen) atoms. The van der Waals surface area contributed by atoms with Gasteiger partial charge in [0.1, 0.15) is 12.4 Å². The molecule has 2 heterocycles. The molecule has 1 atom stereocenters. The third-order valence-electron chi connectivity index (χ3n) is 3.13. The molecule has 2 aromatic rings. The van der Waals surface area contributed by atoms with Crippen LogP contribution in [0.25, 0.3) is 0 Å². The molecule has 8 nitrogen and oxygen atoms in total. The van der Waals surface area contributed by atoms with E-state index in [1.165, 1.54) is 17.1 Å². The van der Waals surface area contributed by atoms with E-state index in [1.54, 1.807) is 12.5 Å². The Morgan fingerprint density at radius 1 is 1.62 bits per heavy atom. The minimum absolute atomic E-state index is 0.0760. The maximum absolute atomic E-state index is 10.6. The van der Waals surface area contributed by atoms with Gasteiger partial charge in [0.05, 0.1) is 30.1 Å². The lowest BCUT2D eigenvalue weighted by Gasteiger charge is -2.22. The molecule has 1 unspecified atom stereocenters. The summed E-state index contributed by atoms with van der Waals surface area (Å²) in [6.07, 6.45) is 5.12. The van der Waals surface area contributed by atoms with E-state index >= 15 is 0 Å². The number of aliphatic hydroxyl groups excluding tert-OH is 1. The Morgan fingerprint density at radius 2 is 2.43 bits per heavy atom. The number of hydrogen-bond acceptors (Lipinski definition) is 6. The van der Waals surface area contributed by atoms with Gasteiger partial charge >= 0.3 is 5.69 Å². The van der Waals surface area contributed by atoms with Crippen molar-refractivity contribution in [2.24, 2.45) is 0 Å². The largest absolute Gasteiger partial charge is 0.472 e. The number of aliphatic hydroxyl groups is 1. The summed E-state index contributed by atoms with van der Waals surface area (Å²) in [7, 11) is 0. The highest BCUT2D eigenvalue weighted by Gasteiger charge is 2.15. The molecule has 114 valence electrons. The van der Waals surface area contributed by atoms with Gasteiger partial charge in [-0.1, -0.05) is 6.92 Å². The fourth-order valence-corrected chi connectivity index (χ4v) is 2.06. The number of nitrogens with zero attached hydrogens (tertiary/aromatic N) is 4. The van der Waals surface area contributed by atoms with Crippen LogP contribution in [0.3, 0.4) is 0 Å². The number of rotatable bonds is 8. The van der Waals surface area contributed by atoms with Gasteiger partial charge in [0, 0.05) is 18.7 Å². The first-order valence-electron chi connectivity index (χ1n) is 6.66. The van der Waals surface area contributed by atoms with E-state index < -0.39 is 11.0 Å². The number of aromatic nitrogens is 2. The fraction of sp³-hybridized carbons (Fsp3) is 0.462. The van der Waals surface area contributed by atoms with Crippen LogP contribution in [0.15, 0.2) is 35.4 Å². The zero-order valence-electron chi connectivity index (χ0n) is 11.8. The molecule has 0 aliphatic rings. The van der Waals surface area contributed by atoms with E-state index in [4.69, 9.17) is 4.42 Å². The molecule has 0 aliphatic heterocycles. The molecule has 0 spiro atoms. The minimum Gasteiger partial charge on any atom is -0.472 e. The molecule has 0 bridgehead atoms. The van der Waals surface area contributed by atoms with Gasteiger partial charge in [0.2, 0.25) is 0 Å². The van der Waals surface area contributed by atoms with E-state index in [0.29, 0.717) is 13.1 Å². The van der Waals surface area contributed by atoms with Gasteiger partial charge in [0.25, 0.3) is 0 Å². The summed E-state index contributed by atoms with van der Waals surface area (Å²) in [6, 6.07) is 1.88. The Hall–Kier alpha value is -2.19. The predicted octanol–water partition coefficient (Wildman–Crippen LogP) is 1.27. The summed E-state index contributed by atoms with van der Waals surface area (Å²) in [6.45, 7) is 4.14. The fourth-order valence-electron chi connectivity index (χ4n) is 2.06. The average molecular weight is 294 g/mol. The van der Waals surface area contributed by atoms with Crippen molar-refractivity contribution in [1.82, 2.24) is 14.7 Å².